The third kappa shape index (κ3) is 1.90. The molecule has 0 atom stereocenters. The molecule has 100 valence electrons. The summed E-state index contributed by atoms with van der Waals surface area (Å²) in [7, 11) is 0. The molecule has 3 aromatic carbocycles. The van der Waals surface area contributed by atoms with Crippen molar-refractivity contribution in [3.05, 3.63) is 78.5 Å². The highest BCUT2D eigenvalue weighted by Gasteiger charge is 2.09. The van der Waals surface area contributed by atoms with Gasteiger partial charge in [-0.3, -0.25) is 4.98 Å². The van der Waals surface area contributed by atoms with Crippen LogP contribution in [0.25, 0.3) is 32.8 Å². The third-order valence-corrected chi connectivity index (χ3v) is 4.05. The molecule has 21 heavy (non-hydrogen) atoms. The standard InChI is InChI=1S/C20H15N/c1-14-6-2-3-9-17(14)18-10-4-7-15-11-12-16-8-5-13-21-20(16)19(15)18/h2-13H,1H3. The second kappa shape index (κ2) is 4.71. The van der Waals surface area contributed by atoms with Crippen molar-refractivity contribution in [2.24, 2.45) is 0 Å². The lowest BCUT2D eigenvalue weighted by Gasteiger charge is -2.11. The highest BCUT2D eigenvalue weighted by molar-refractivity contribution is 6.12. The Bertz CT molecular complexity index is 954. The van der Waals surface area contributed by atoms with E-state index in [2.05, 4.69) is 72.6 Å². The number of nitrogens with zero attached hydrogens (tertiary/aromatic N) is 1. The zero-order valence-electron chi connectivity index (χ0n) is 11.9. The summed E-state index contributed by atoms with van der Waals surface area (Å²) < 4.78 is 0. The van der Waals surface area contributed by atoms with E-state index in [9.17, 15) is 0 Å². The van der Waals surface area contributed by atoms with E-state index < -0.39 is 0 Å². The largest absolute Gasteiger partial charge is 0.256 e. The van der Waals surface area contributed by atoms with Crippen LogP contribution in [0.5, 0.6) is 0 Å². The van der Waals surface area contributed by atoms with Gasteiger partial charge in [0.05, 0.1) is 5.52 Å². The van der Waals surface area contributed by atoms with Gasteiger partial charge in [0, 0.05) is 17.0 Å². The van der Waals surface area contributed by atoms with Gasteiger partial charge >= 0.3 is 0 Å². The fraction of sp³-hybridized carbons (Fsp3) is 0.0500. The lowest BCUT2D eigenvalue weighted by atomic mass is 9.93. The molecule has 0 N–H and O–H groups in total. The van der Waals surface area contributed by atoms with Gasteiger partial charge in [-0.15, -0.1) is 0 Å². The average Bonchev–Trinajstić information content (AvgIpc) is 2.54. The zero-order valence-corrected chi connectivity index (χ0v) is 11.9. The second-order valence-corrected chi connectivity index (χ2v) is 5.36. The Morgan fingerprint density at radius 3 is 2.33 bits per heavy atom. The molecule has 1 aromatic heterocycles. The van der Waals surface area contributed by atoms with E-state index in [0.29, 0.717) is 0 Å². The maximum atomic E-state index is 4.63. The quantitative estimate of drug-likeness (QED) is 0.424. The fourth-order valence-corrected chi connectivity index (χ4v) is 3.01. The molecule has 0 unspecified atom stereocenters. The number of rotatable bonds is 1. The number of hydrogen-bond acceptors (Lipinski definition) is 1. The van der Waals surface area contributed by atoms with E-state index in [1.54, 1.807) is 0 Å². The highest BCUT2D eigenvalue weighted by Crippen LogP contribution is 2.34. The Balaban J connectivity index is 2.19. The van der Waals surface area contributed by atoms with Crippen molar-refractivity contribution in [1.29, 1.82) is 0 Å². The van der Waals surface area contributed by atoms with Crippen molar-refractivity contribution < 1.29 is 0 Å². The highest BCUT2D eigenvalue weighted by atomic mass is 14.6. The van der Waals surface area contributed by atoms with Crippen LogP contribution in [-0.2, 0) is 0 Å². The second-order valence-electron chi connectivity index (χ2n) is 5.36. The summed E-state index contributed by atoms with van der Waals surface area (Å²) in [6.45, 7) is 2.16. The maximum Gasteiger partial charge on any atom is 0.0786 e. The molecule has 0 aliphatic carbocycles. The topological polar surface area (TPSA) is 12.9 Å². The number of aryl methyl sites for hydroxylation is 1. The summed E-state index contributed by atoms with van der Waals surface area (Å²) in [6, 6.07) is 23.4. The molecule has 0 radical (unpaired) electrons. The van der Waals surface area contributed by atoms with Crippen LogP contribution in [0.1, 0.15) is 5.56 Å². The molecular weight excluding hydrogens is 254 g/mol. The van der Waals surface area contributed by atoms with Gasteiger partial charge in [0.1, 0.15) is 0 Å². The van der Waals surface area contributed by atoms with Gasteiger partial charge in [-0.05, 0) is 35.1 Å². The lowest BCUT2D eigenvalue weighted by Crippen LogP contribution is -1.88. The van der Waals surface area contributed by atoms with Gasteiger partial charge in [-0.2, -0.15) is 0 Å². The first-order chi connectivity index (χ1) is 10.3. The van der Waals surface area contributed by atoms with Crippen molar-refractivity contribution in [1.82, 2.24) is 4.98 Å². The molecule has 4 rings (SSSR count). The van der Waals surface area contributed by atoms with Crippen molar-refractivity contribution in [2.45, 2.75) is 6.92 Å². The smallest absolute Gasteiger partial charge is 0.0786 e. The Kier molecular flexibility index (Phi) is 2.71. The molecule has 0 saturated carbocycles. The molecule has 0 saturated heterocycles. The molecule has 1 nitrogen and oxygen atoms in total. The third-order valence-electron chi connectivity index (χ3n) is 4.05. The van der Waals surface area contributed by atoms with Crippen molar-refractivity contribution in [3.63, 3.8) is 0 Å². The summed E-state index contributed by atoms with van der Waals surface area (Å²) in [4.78, 5) is 4.63. The lowest BCUT2D eigenvalue weighted by molar-refractivity contribution is 1.42. The predicted octanol–water partition coefficient (Wildman–Crippen LogP) is 5.36. The monoisotopic (exact) mass is 269 g/mol. The molecule has 0 fully saturated rings. The van der Waals surface area contributed by atoms with E-state index in [1.807, 2.05) is 12.3 Å². The molecular formula is C20H15N. The summed E-state index contributed by atoms with van der Waals surface area (Å²) in [6.07, 6.45) is 1.87. The van der Waals surface area contributed by atoms with Crippen molar-refractivity contribution in [3.8, 4) is 11.1 Å². The van der Waals surface area contributed by atoms with E-state index >= 15 is 0 Å². The van der Waals surface area contributed by atoms with Gasteiger partial charge in [0.25, 0.3) is 0 Å². The minimum atomic E-state index is 1.08. The van der Waals surface area contributed by atoms with Crippen LogP contribution < -0.4 is 0 Å². The summed E-state index contributed by atoms with van der Waals surface area (Å²) >= 11 is 0. The van der Waals surface area contributed by atoms with Crippen LogP contribution >= 0.6 is 0 Å². The Morgan fingerprint density at radius 2 is 1.43 bits per heavy atom. The Hall–Kier alpha value is -2.67. The first-order valence-electron chi connectivity index (χ1n) is 7.17. The Morgan fingerprint density at radius 1 is 0.667 bits per heavy atom. The van der Waals surface area contributed by atoms with Gasteiger partial charge in [0.2, 0.25) is 0 Å². The SMILES string of the molecule is Cc1ccccc1-c1cccc2ccc3cccnc3c12. The van der Waals surface area contributed by atoms with E-state index in [0.717, 1.165) is 5.52 Å². The van der Waals surface area contributed by atoms with Crippen LogP contribution in [0.2, 0.25) is 0 Å². The van der Waals surface area contributed by atoms with Crippen LogP contribution in [0, 0.1) is 6.92 Å². The molecule has 1 heteroatoms. The molecule has 0 aliphatic rings. The van der Waals surface area contributed by atoms with Crippen molar-refractivity contribution >= 4 is 21.7 Å². The van der Waals surface area contributed by atoms with Gasteiger partial charge in [-0.25, -0.2) is 0 Å². The van der Waals surface area contributed by atoms with E-state index in [4.69, 9.17) is 0 Å². The van der Waals surface area contributed by atoms with Crippen LogP contribution in [0.4, 0.5) is 0 Å². The predicted molar refractivity (Wildman–Crippen MR) is 89.4 cm³/mol. The number of hydrogen-bond donors (Lipinski definition) is 0. The van der Waals surface area contributed by atoms with Gasteiger partial charge in [-0.1, -0.05) is 60.7 Å². The maximum absolute atomic E-state index is 4.63. The normalized spacial score (nSPS) is 11.1. The summed E-state index contributed by atoms with van der Waals surface area (Å²) in [5.41, 5.74) is 4.91. The average molecular weight is 269 g/mol. The first kappa shape index (κ1) is 12.1. The number of aromatic nitrogens is 1. The summed E-state index contributed by atoms with van der Waals surface area (Å²) in [5.74, 6) is 0. The number of benzene rings is 3. The number of fused-ring (bicyclic) bond motifs is 3. The van der Waals surface area contributed by atoms with Gasteiger partial charge < -0.3 is 0 Å². The molecule has 4 aromatic rings. The van der Waals surface area contributed by atoms with Crippen LogP contribution in [0.15, 0.2) is 72.9 Å². The van der Waals surface area contributed by atoms with E-state index in [1.165, 1.54) is 32.8 Å². The zero-order chi connectivity index (χ0) is 14.2. The van der Waals surface area contributed by atoms with E-state index in [-0.39, 0.29) is 0 Å². The number of pyridine rings is 1. The van der Waals surface area contributed by atoms with Crippen LogP contribution in [0.3, 0.4) is 0 Å². The minimum absolute atomic E-state index is 1.08. The van der Waals surface area contributed by atoms with Crippen LogP contribution in [-0.4, -0.2) is 4.98 Å². The molecule has 0 bridgehead atoms. The minimum Gasteiger partial charge on any atom is -0.256 e. The summed E-state index contributed by atoms with van der Waals surface area (Å²) in [5, 5.41) is 3.66. The molecule has 0 amide bonds. The molecule has 1 heterocycles. The first-order valence-corrected chi connectivity index (χ1v) is 7.17. The van der Waals surface area contributed by atoms with Crippen molar-refractivity contribution in [2.75, 3.05) is 0 Å². The fourth-order valence-electron chi connectivity index (χ4n) is 3.01. The van der Waals surface area contributed by atoms with Gasteiger partial charge in [0.15, 0.2) is 0 Å². The molecule has 0 spiro atoms. The molecule has 0 aliphatic heterocycles. The Labute approximate surface area is 123 Å².